The van der Waals surface area contributed by atoms with Crippen LogP contribution in [0.4, 0.5) is 17.1 Å². The SMILES string of the molecule is C=Cc1cccc(N(c2ccc(C(CC)CC)cc2)c2ccc(C(C)(CC)CC)cc2)c1. The fourth-order valence-corrected chi connectivity index (χ4v) is 4.56. The van der Waals surface area contributed by atoms with Crippen molar-refractivity contribution in [3.05, 3.63) is 96.1 Å². The summed E-state index contributed by atoms with van der Waals surface area (Å²) in [5.41, 5.74) is 7.71. The molecule has 0 aliphatic carbocycles. The molecule has 0 N–H and O–H groups in total. The average molecular weight is 426 g/mol. The van der Waals surface area contributed by atoms with E-state index in [1.165, 1.54) is 35.3 Å². The van der Waals surface area contributed by atoms with Gasteiger partial charge in [0.2, 0.25) is 0 Å². The summed E-state index contributed by atoms with van der Waals surface area (Å²) in [4.78, 5) is 2.35. The van der Waals surface area contributed by atoms with Gasteiger partial charge in [-0.2, -0.15) is 0 Å². The number of rotatable bonds is 10. The van der Waals surface area contributed by atoms with Crippen LogP contribution in [0, 0.1) is 0 Å². The van der Waals surface area contributed by atoms with Gasteiger partial charge in [-0.05, 0) is 90.1 Å². The maximum absolute atomic E-state index is 3.97. The minimum atomic E-state index is 0.225. The minimum absolute atomic E-state index is 0.225. The van der Waals surface area contributed by atoms with E-state index in [-0.39, 0.29) is 5.41 Å². The van der Waals surface area contributed by atoms with E-state index >= 15 is 0 Å². The highest BCUT2D eigenvalue weighted by Crippen LogP contribution is 2.38. The molecule has 3 aromatic rings. The number of anilines is 3. The summed E-state index contributed by atoms with van der Waals surface area (Å²) in [6, 6.07) is 26.9. The Kier molecular flexibility index (Phi) is 7.96. The Morgan fingerprint density at radius 3 is 1.84 bits per heavy atom. The Balaban J connectivity index is 2.06. The molecule has 0 heterocycles. The number of nitrogens with zero attached hydrogens (tertiary/aromatic N) is 1. The highest BCUT2D eigenvalue weighted by atomic mass is 15.1. The van der Waals surface area contributed by atoms with E-state index in [1.807, 2.05) is 6.08 Å². The van der Waals surface area contributed by atoms with Gasteiger partial charge in [-0.1, -0.05) is 83.7 Å². The van der Waals surface area contributed by atoms with Crippen LogP contribution in [0.1, 0.15) is 82.9 Å². The van der Waals surface area contributed by atoms with Crippen molar-refractivity contribution in [2.24, 2.45) is 0 Å². The molecule has 0 unspecified atom stereocenters. The lowest BCUT2D eigenvalue weighted by Crippen LogP contribution is -2.19. The standard InChI is InChI=1S/C31H39N/c1-7-24-13-12-14-30(23-24)32(28-19-15-26(16-20-28)25(8-2)9-3)29-21-17-27(18-22-29)31(6,10-4)11-5/h7,12-23,25H,1,8-11H2,2-6H3. The van der Waals surface area contributed by atoms with Crippen LogP contribution in [-0.2, 0) is 5.41 Å². The van der Waals surface area contributed by atoms with Crippen molar-refractivity contribution < 1.29 is 0 Å². The first kappa shape index (κ1) is 23.9. The molecule has 0 radical (unpaired) electrons. The van der Waals surface area contributed by atoms with Crippen molar-refractivity contribution in [1.82, 2.24) is 0 Å². The topological polar surface area (TPSA) is 3.24 Å². The summed E-state index contributed by atoms with van der Waals surface area (Å²) >= 11 is 0. The lowest BCUT2D eigenvalue weighted by Gasteiger charge is -2.30. The van der Waals surface area contributed by atoms with Crippen molar-refractivity contribution in [1.29, 1.82) is 0 Å². The van der Waals surface area contributed by atoms with Crippen LogP contribution in [0.15, 0.2) is 79.4 Å². The van der Waals surface area contributed by atoms with Crippen LogP contribution in [0.3, 0.4) is 0 Å². The Morgan fingerprint density at radius 1 is 0.781 bits per heavy atom. The smallest absolute Gasteiger partial charge is 0.0467 e. The van der Waals surface area contributed by atoms with E-state index in [2.05, 4.69) is 119 Å². The molecule has 0 saturated carbocycles. The van der Waals surface area contributed by atoms with Gasteiger partial charge in [0.1, 0.15) is 0 Å². The number of hydrogen-bond acceptors (Lipinski definition) is 1. The summed E-state index contributed by atoms with van der Waals surface area (Å²) in [6.07, 6.45) is 6.55. The summed E-state index contributed by atoms with van der Waals surface area (Å²) in [7, 11) is 0. The van der Waals surface area contributed by atoms with Gasteiger partial charge in [0.05, 0.1) is 0 Å². The van der Waals surface area contributed by atoms with Gasteiger partial charge in [0, 0.05) is 17.1 Å². The molecule has 32 heavy (non-hydrogen) atoms. The van der Waals surface area contributed by atoms with Crippen LogP contribution in [0.5, 0.6) is 0 Å². The largest absolute Gasteiger partial charge is 0.310 e. The zero-order valence-corrected chi connectivity index (χ0v) is 20.6. The second kappa shape index (κ2) is 10.7. The van der Waals surface area contributed by atoms with Gasteiger partial charge >= 0.3 is 0 Å². The maximum Gasteiger partial charge on any atom is 0.0467 e. The fourth-order valence-electron chi connectivity index (χ4n) is 4.56. The normalized spacial score (nSPS) is 11.6. The molecule has 0 bridgehead atoms. The highest BCUT2D eigenvalue weighted by molar-refractivity contribution is 5.78. The molecule has 0 atom stereocenters. The van der Waals surface area contributed by atoms with E-state index in [1.54, 1.807) is 0 Å². The zero-order valence-electron chi connectivity index (χ0n) is 20.6. The van der Waals surface area contributed by atoms with Crippen LogP contribution >= 0.6 is 0 Å². The Hall–Kier alpha value is -2.80. The van der Waals surface area contributed by atoms with Crippen molar-refractivity contribution in [2.75, 3.05) is 4.90 Å². The molecule has 1 nitrogen and oxygen atoms in total. The third-order valence-electron chi connectivity index (χ3n) is 7.36. The summed E-state index contributed by atoms with van der Waals surface area (Å²) in [5.74, 6) is 0.627. The van der Waals surface area contributed by atoms with E-state index in [0.717, 1.165) is 24.1 Å². The first-order valence-corrected chi connectivity index (χ1v) is 12.2. The fraction of sp³-hybridized carbons (Fsp3) is 0.355. The molecule has 3 aromatic carbocycles. The molecule has 168 valence electrons. The van der Waals surface area contributed by atoms with Crippen molar-refractivity contribution in [3.63, 3.8) is 0 Å². The molecule has 0 aliphatic heterocycles. The molecule has 0 fully saturated rings. The Labute approximate surface area is 195 Å². The van der Waals surface area contributed by atoms with Crippen LogP contribution in [0.2, 0.25) is 0 Å². The van der Waals surface area contributed by atoms with Gasteiger partial charge in [-0.25, -0.2) is 0 Å². The van der Waals surface area contributed by atoms with Gasteiger partial charge in [0.15, 0.2) is 0 Å². The van der Waals surface area contributed by atoms with Gasteiger partial charge in [0.25, 0.3) is 0 Å². The van der Waals surface area contributed by atoms with Gasteiger partial charge in [-0.3, -0.25) is 0 Å². The van der Waals surface area contributed by atoms with Crippen molar-refractivity contribution in [3.8, 4) is 0 Å². The van der Waals surface area contributed by atoms with Crippen molar-refractivity contribution >= 4 is 23.1 Å². The van der Waals surface area contributed by atoms with E-state index in [9.17, 15) is 0 Å². The van der Waals surface area contributed by atoms with Gasteiger partial charge in [-0.15, -0.1) is 0 Å². The highest BCUT2D eigenvalue weighted by Gasteiger charge is 2.22. The second-order valence-corrected chi connectivity index (χ2v) is 9.05. The Morgan fingerprint density at radius 2 is 1.34 bits per heavy atom. The van der Waals surface area contributed by atoms with Crippen LogP contribution in [-0.4, -0.2) is 0 Å². The third-order valence-corrected chi connectivity index (χ3v) is 7.36. The lowest BCUT2D eigenvalue weighted by molar-refractivity contribution is 0.439. The van der Waals surface area contributed by atoms with Crippen LogP contribution in [0.25, 0.3) is 6.08 Å². The van der Waals surface area contributed by atoms with Crippen LogP contribution < -0.4 is 4.90 Å². The first-order valence-electron chi connectivity index (χ1n) is 12.2. The molecule has 0 spiro atoms. The third kappa shape index (κ3) is 4.99. The number of benzene rings is 3. The summed E-state index contributed by atoms with van der Waals surface area (Å²) < 4.78 is 0. The zero-order chi connectivity index (χ0) is 23.1. The average Bonchev–Trinajstić information content (AvgIpc) is 2.86. The quantitative estimate of drug-likeness (QED) is 0.312. The monoisotopic (exact) mass is 425 g/mol. The van der Waals surface area contributed by atoms with Gasteiger partial charge < -0.3 is 4.90 Å². The first-order chi connectivity index (χ1) is 15.5. The predicted molar refractivity (Wildman–Crippen MR) is 142 cm³/mol. The summed E-state index contributed by atoms with van der Waals surface area (Å²) in [6.45, 7) is 15.4. The second-order valence-electron chi connectivity index (χ2n) is 9.05. The molecule has 1 heteroatoms. The van der Waals surface area contributed by atoms with Crippen molar-refractivity contribution in [2.45, 2.75) is 71.6 Å². The van der Waals surface area contributed by atoms with E-state index in [4.69, 9.17) is 0 Å². The molecule has 3 rings (SSSR count). The lowest BCUT2D eigenvalue weighted by atomic mass is 9.78. The molecule has 0 aliphatic rings. The minimum Gasteiger partial charge on any atom is -0.310 e. The molecule has 0 amide bonds. The molecule has 0 aromatic heterocycles. The maximum atomic E-state index is 3.97. The summed E-state index contributed by atoms with van der Waals surface area (Å²) in [5, 5.41) is 0. The number of hydrogen-bond donors (Lipinski definition) is 0. The molecular weight excluding hydrogens is 386 g/mol. The van der Waals surface area contributed by atoms with E-state index in [0.29, 0.717) is 5.92 Å². The molecule has 0 saturated heterocycles. The Bertz CT molecular complexity index is 989. The molecular formula is C31H39N. The predicted octanol–water partition coefficient (Wildman–Crippen LogP) is 9.78. The van der Waals surface area contributed by atoms with E-state index < -0.39 is 0 Å².